The molecule has 9 heavy (non-hydrogen) atoms. The average molecular weight is 124 g/mol. The maximum atomic E-state index is 8.55. The predicted molar refractivity (Wildman–Crippen MR) is 35.6 cm³/mol. The van der Waals surface area contributed by atoms with Crippen LogP contribution in [-0.4, -0.2) is 16.0 Å². The number of rotatable bonds is 0. The Bertz CT molecular complexity index is 160. The first-order chi connectivity index (χ1) is 3.94. The summed E-state index contributed by atoms with van der Waals surface area (Å²) < 4.78 is 0. The Hall–Kier alpha value is -0.710. The fraction of sp³-hybridized carbons (Fsp3) is 0.857. The van der Waals surface area contributed by atoms with E-state index in [4.69, 9.17) is 5.26 Å². The van der Waals surface area contributed by atoms with Crippen LogP contribution in [0, 0.1) is 11.5 Å². The minimum Gasteiger partial charge on any atom is -0.295 e. The molecule has 1 fully saturated rings. The standard InChI is InChI=1S/C7H12N2/c1-6(2)7(3,4)9(6)5-8/h1-4H3. The van der Waals surface area contributed by atoms with Gasteiger partial charge in [0.1, 0.15) is 0 Å². The third-order valence-corrected chi connectivity index (χ3v) is 2.67. The second kappa shape index (κ2) is 1.23. The van der Waals surface area contributed by atoms with Crippen LogP contribution in [0.25, 0.3) is 0 Å². The number of nitriles is 1. The first kappa shape index (κ1) is 6.41. The van der Waals surface area contributed by atoms with Gasteiger partial charge in [0, 0.05) is 0 Å². The van der Waals surface area contributed by atoms with E-state index in [2.05, 4.69) is 33.9 Å². The third kappa shape index (κ3) is 0.496. The van der Waals surface area contributed by atoms with Gasteiger partial charge in [-0.3, -0.25) is 4.90 Å². The molecule has 0 bridgehead atoms. The highest BCUT2D eigenvalue weighted by molar-refractivity contribution is 5.24. The van der Waals surface area contributed by atoms with Gasteiger partial charge in [0.05, 0.1) is 11.1 Å². The van der Waals surface area contributed by atoms with Crippen LogP contribution in [0.1, 0.15) is 27.7 Å². The molecule has 0 radical (unpaired) electrons. The molecular weight excluding hydrogens is 112 g/mol. The molecule has 0 aromatic heterocycles. The Labute approximate surface area is 56.1 Å². The van der Waals surface area contributed by atoms with Gasteiger partial charge >= 0.3 is 0 Å². The second-order valence-corrected chi connectivity index (χ2v) is 3.55. The minimum atomic E-state index is 0.0851. The molecule has 0 unspecified atom stereocenters. The Balaban J connectivity index is 2.81. The van der Waals surface area contributed by atoms with Crippen LogP contribution in [0.2, 0.25) is 0 Å². The largest absolute Gasteiger partial charge is 0.295 e. The molecule has 0 aromatic carbocycles. The maximum Gasteiger partial charge on any atom is 0.180 e. The first-order valence-corrected chi connectivity index (χ1v) is 3.14. The van der Waals surface area contributed by atoms with E-state index < -0.39 is 0 Å². The van der Waals surface area contributed by atoms with Gasteiger partial charge in [0.25, 0.3) is 0 Å². The summed E-state index contributed by atoms with van der Waals surface area (Å²) in [5, 5.41) is 8.55. The maximum absolute atomic E-state index is 8.55. The van der Waals surface area contributed by atoms with E-state index >= 15 is 0 Å². The summed E-state index contributed by atoms with van der Waals surface area (Å²) in [5.74, 6) is 0. The molecule has 1 heterocycles. The number of nitrogens with zero attached hydrogens (tertiary/aromatic N) is 2. The van der Waals surface area contributed by atoms with Gasteiger partial charge in [-0.15, -0.1) is 0 Å². The van der Waals surface area contributed by atoms with Gasteiger partial charge in [-0.2, -0.15) is 5.26 Å². The van der Waals surface area contributed by atoms with Crippen LogP contribution in [0.15, 0.2) is 0 Å². The first-order valence-electron chi connectivity index (χ1n) is 3.14. The quantitative estimate of drug-likeness (QED) is 0.360. The molecule has 0 amide bonds. The SMILES string of the molecule is CC1(C)N(C#N)C1(C)C. The molecule has 0 aliphatic carbocycles. The Morgan fingerprint density at radius 1 is 1.11 bits per heavy atom. The molecule has 0 aromatic rings. The molecule has 2 nitrogen and oxygen atoms in total. The van der Waals surface area contributed by atoms with E-state index in [1.165, 1.54) is 0 Å². The molecule has 50 valence electrons. The monoisotopic (exact) mass is 124 g/mol. The number of hydrogen-bond donors (Lipinski definition) is 0. The van der Waals surface area contributed by atoms with Crippen LogP contribution in [0.5, 0.6) is 0 Å². The third-order valence-electron chi connectivity index (χ3n) is 2.67. The van der Waals surface area contributed by atoms with Gasteiger partial charge in [0.2, 0.25) is 0 Å². The summed E-state index contributed by atoms with van der Waals surface area (Å²) in [6, 6.07) is 0. The van der Waals surface area contributed by atoms with Crippen molar-refractivity contribution in [3.63, 3.8) is 0 Å². The summed E-state index contributed by atoms with van der Waals surface area (Å²) in [5.41, 5.74) is 0.170. The van der Waals surface area contributed by atoms with Crippen LogP contribution in [-0.2, 0) is 0 Å². The van der Waals surface area contributed by atoms with E-state index in [1.807, 2.05) is 0 Å². The smallest absolute Gasteiger partial charge is 0.180 e. The van der Waals surface area contributed by atoms with Crippen LogP contribution in [0.4, 0.5) is 0 Å². The summed E-state index contributed by atoms with van der Waals surface area (Å²) in [6.45, 7) is 8.32. The highest BCUT2D eigenvalue weighted by Gasteiger charge is 2.63. The van der Waals surface area contributed by atoms with E-state index in [0.29, 0.717) is 0 Å². The molecule has 0 N–H and O–H groups in total. The predicted octanol–water partition coefficient (Wildman–Crippen LogP) is 1.34. The molecule has 1 saturated heterocycles. The topological polar surface area (TPSA) is 26.8 Å². The lowest BCUT2D eigenvalue weighted by atomic mass is 10.0. The fourth-order valence-corrected chi connectivity index (χ4v) is 1.17. The molecule has 2 heteroatoms. The zero-order chi connectivity index (χ0) is 7.28. The molecule has 0 saturated carbocycles. The molecule has 1 aliphatic heterocycles. The lowest BCUT2D eigenvalue weighted by Crippen LogP contribution is -2.10. The molecule has 1 rings (SSSR count). The van der Waals surface area contributed by atoms with Crippen molar-refractivity contribution in [1.82, 2.24) is 4.90 Å². The minimum absolute atomic E-state index is 0.0851. The van der Waals surface area contributed by atoms with Crippen molar-refractivity contribution < 1.29 is 0 Å². The zero-order valence-electron chi connectivity index (χ0n) is 6.39. The average Bonchev–Trinajstić information content (AvgIpc) is 2.00. The zero-order valence-corrected chi connectivity index (χ0v) is 6.39. The molecule has 0 spiro atoms. The summed E-state index contributed by atoms with van der Waals surface area (Å²) in [7, 11) is 0. The molecule has 1 aliphatic rings. The molecule has 0 atom stereocenters. The fourth-order valence-electron chi connectivity index (χ4n) is 1.17. The number of hydrogen-bond acceptors (Lipinski definition) is 2. The van der Waals surface area contributed by atoms with Crippen molar-refractivity contribution in [3.05, 3.63) is 0 Å². The van der Waals surface area contributed by atoms with Crippen molar-refractivity contribution in [1.29, 1.82) is 5.26 Å². The van der Waals surface area contributed by atoms with Gasteiger partial charge in [-0.05, 0) is 27.7 Å². The Morgan fingerprint density at radius 3 is 1.44 bits per heavy atom. The van der Waals surface area contributed by atoms with Crippen molar-refractivity contribution in [3.8, 4) is 6.19 Å². The highest BCUT2D eigenvalue weighted by Crippen LogP contribution is 2.49. The van der Waals surface area contributed by atoms with Crippen LogP contribution >= 0.6 is 0 Å². The van der Waals surface area contributed by atoms with Crippen molar-refractivity contribution >= 4 is 0 Å². The van der Waals surface area contributed by atoms with E-state index in [-0.39, 0.29) is 11.1 Å². The van der Waals surface area contributed by atoms with Crippen molar-refractivity contribution in [2.75, 3.05) is 0 Å². The lowest BCUT2D eigenvalue weighted by molar-refractivity contribution is 0.570. The summed E-state index contributed by atoms with van der Waals surface area (Å²) in [4.78, 5) is 1.81. The van der Waals surface area contributed by atoms with Crippen molar-refractivity contribution in [2.45, 2.75) is 38.8 Å². The van der Waals surface area contributed by atoms with Gasteiger partial charge in [0.15, 0.2) is 6.19 Å². The van der Waals surface area contributed by atoms with Gasteiger partial charge in [-0.25, -0.2) is 0 Å². The second-order valence-electron chi connectivity index (χ2n) is 3.55. The van der Waals surface area contributed by atoms with Crippen LogP contribution in [0.3, 0.4) is 0 Å². The molecular formula is C7H12N2. The van der Waals surface area contributed by atoms with Gasteiger partial charge < -0.3 is 0 Å². The summed E-state index contributed by atoms with van der Waals surface area (Å²) >= 11 is 0. The van der Waals surface area contributed by atoms with Crippen molar-refractivity contribution in [2.24, 2.45) is 0 Å². The summed E-state index contributed by atoms with van der Waals surface area (Å²) in [6.07, 6.45) is 2.15. The van der Waals surface area contributed by atoms with Crippen LogP contribution < -0.4 is 0 Å². The van der Waals surface area contributed by atoms with Gasteiger partial charge in [-0.1, -0.05) is 0 Å². The van der Waals surface area contributed by atoms with E-state index in [1.54, 1.807) is 4.90 Å². The Kier molecular flexibility index (Phi) is 0.879. The van der Waals surface area contributed by atoms with E-state index in [0.717, 1.165) is 0 Å². The Morgan fingerprint density at radius 2 is 1.44 bits per heavy atom. The highest BCUT2D eigenvalue weighted by atomic mass is 15.4. The normalized spacial score (nSPS) is 27.2. The van der Waals surface area contributed by atoms with E-state index in [9.17, 15) is 0 Å². The lowest BCUT2D eigenvalue weighted by Gasteiger charge is -1.97.